The van der Waals surface area contributed by atoms with Crippen molar-refractivity contribution in [1.29, 1.82) is 0 Å². The quantitative estimate of drug-likeness (QED) is 0.720. The van der Waals surface area contributed by atoms with E-state index in [1.165, 1.54) is 0 Å². The van der Waals surface area contributed by atoms with Gasteiger partial charge in [0.2, 0.25) is 0 Å². The van der Waals surface area contributed by atoms with E-state index in [-0.39, 0.29) is 6.04 Å². The normalized spacial score (nSPS) is 13.0. The highest BCUT2D eigenvalue weighted by atomic mass is 16.3. The molecule has 0 radical (unpaired) electrons. The van der Waals surface area contributed by atoms with Gasteiger partial charge in [-0.25, -0.2) is 0 Å². The lowest BCUT2D eigenvalue weighted by Gasteiger charge is -2.06. The second-order valence-electron chi connectivity index (χ2n) is 3.58. The van der Waals surface area contributed by atoms with Gasteiger partial charge < -0.3 is 10.8 Å². The second kappa shape index (κ2) is 3.31. The minimum absolute atomic E-state index is 0.0493. The molecule has 0 aliphatic heterocycles. The average molecular weight is 187 g/mol. The number of fused-ring (bicyclic) bond motifs is 1. The van der Waals surface area contributed by atoms with E-state index in [4.69, 9.17) is 5.73 Å². The molecule has 2 aromatic carbocycles. The van der Waals surface area contributed by atoms with Crippen LogP contribution >= 0.6 is 0 Å². The second-order valence-corrected chi connectivity index (χ2v) is 3.58. The van der Waals surface area contributed by atoms with Crippen LogP contribution in [0.1, 0.15) is 18.5 Å². The Kier molecular flexibility index (Phi) is 2.14. The highest BCUT2D eigenvalue weighted by Crippen LogP contribution is 2.22. The summed E-state index contributed by atoms with van der Waals surface area (Å²) < 4.78 is 0. The summed E-state index contributed by atoms with van der Waals surface area (Å²) >= 11 is 0. The molecule has 1 atom stereocenters. The van der Waals surface area contributed by atoms with Gasteiger partial charge in [-0.15, -0.1) is 0 Å². The molecule has 0 aromatic heterocycles. The summed E-state index contributed by atoms with van der Waals surface area (Å²) in [6, 6.07) is 11.4. The van der Waals surface area contributed by atoms with E-state index >= 15 is 0 Å². The highest BCUT2D eigenvalue weighted by Gasteiger charge is 2.00. The molecule has 72 valence electrons. The van der Waals surface area contributed by atoms with Gasteiger partial charge in [-0.05, 0) is 41.5 Å². The smallest absolute Gasteiger partial charge is 0.116 e. The zero-order chi connectivity index (χ0) is 10.1. The van der Waals surface area contributed by atoms with E-state index in [1.54, 1.807) is 12.1 Å². The molecule has 3 N–H and O–H groups in total. The first-order valence-electron chi connectivity index (χ1n) is 4.65. The van der Waals surface area contributed by atoms with Gasteiger partial charge in [0.1, 0.15) is 5.75 Å². The highest BCUT2D eigenvalue weighted by molar-refractivity contribution is 5.84. The largest absolute Gasteiger partial charge is 0.508 e. The maximum Gasteiger partial charge on any atom is 0.116 e. The molecule has 0 aliphatic carbocycles. The number of benzene rings is 2. The minimum Gasteiger partial charge on any atom is -0.508 e. The Morgan fingerprint density at radius 3 is 2.43 bits per heavy atom. The van der Waals surface area contributed by atoms with E-state index < -0.39 is 0 Å². The Morgan fingerprint density at radius 2 is 1.71 bits per heavy atom. The van der Waals surface area contributed by atoms with Crippen molar-refractivity contribution in [3.05, 3.63) is 42.0 Å². The van der Waals surface area contributed by atoms with Gasteiger partial charge in [-0.3, -0.25) is 0 Å². The van der Waals surface area contributed by atoms with Gasteiger partial charge in [-0.1, -0.05) is 18.2 Å². The molecule has 0 saturated heterocycles. The fourth-order valence-electron chi connectivity index (χ4n) is 1.53. The molecule has 0 saturated carbocycles. The van der Waals surface area contributed by atoms with Crippen LogP contribution in [0.3, 0.4) is 0 Å². The number of rotatable bonds is 1. The van der Waals surface area contributed by atoms with Gasteiger partial charge in [0.05, 0.1) is 0 Å². The van der Waals surface area contributed by atoms with E-state index in [2.05, 4.69) is 6.07 Å². The van der Waals surface area contributed by atoms with Gasteiger partial charge >= 0.3 is 0 Å². The van der Waals surface area contributed by atoms with Crippen molar-refractivity contribution in [2.24, 2.45) is 5.73 Å². The lowest BCUT2D eigenvalue weighted by Crippen LogP contribution is -2.04. The van der Waals surface area contributed by atoms with Crippen molar-refractivity contribution in [2.75, 3.05) is 0 Å². The molecule has 1 unspecified atom stereocenters. The first-order valence-corrected chi connectivity index (χ1v) is 4.65. The van der Waals surface area contributed by atoms with Gasteiger partial charge in [0.25, 0.3) is 0 Å². The number of hydrogen-bond acceptors (Lipinski definition) is 2. The molecule has 2 aromatic rings. The van der Waals surface area contributed by atoms with Crippen molar-refractivity contribution in [2.45, 2.75) is 13.0 Å². The lowest BCUT2D eigenvalue weighted by molar-refractivity contribution is 0.476. The Hall–Kier alpha value is -1.54. The zero-order valence-corrected chi connectivity index (χ0v) is 8.07. The van der Waals surface area contributed by atoms with Crippen LogP contribution in [0.2, 0.25) is 0 Å². The number of phenols is 1. The Bertz CT molecular complexity index is 463. The molecule has 14 heavy (non-hydrogen) atoms. The van der Waals surface area contributed by atoms with Crippen molar-refractivity contribution in [1.82, 2.24) is 0 Å². The Labute approximate surface area is 83.0 Å². The third kappa shape index (κ3) is 1.56. The van der Waals surface area contributed by atoms with E-state index in [9.17, 15) is 5.11 Å². The van der Waals surface area contributed by atoms with Crippen LogP contribution < -0.4 is 5.73 Å². The third-order valence-corrected chi connectivity index (χ3v) is 2.37. The van der Waals surface area contributed by atoms with Crippen molar-refractivity contribution in [3.63, 3.8) is 0 Å². The molecule has 0 bridgehead atoms. The molecule has 0 fully saturated rings. The van der Waals surface area contributed by atoms with Crippen LogP contribution in [0.5, 0.6) is 5.75 Å². The number of nitrogens with two attached hydrogens (primary N) is 1. The number of hydrogen-bond donors (Lipinski definition) is 2. The molecule has 2 heteroatoms. The Morgan fingerprint density at radius 1 is 1.07 bits per heavy atom. The van der Waals surface area contributed by atoms with Crippen molar-refractivity contribution >= 4 is 10.8 Å². The summed E-state index contributed by atoms with van der Waals surface area (Å²) in [5.41, 5.74) is 6.90. The average Bonchev–Trinajstić information content (AvgIpc) is 2.16. The molecule has 2 rings (SSSR count). The summed E-state index contributed by atoms with van der Waals surface area (Å²) in [4.78, 5) is 0. The zero-order valence-electron chi connectivity index (χ0n) is 8.07. The molecule has 0 spiro atoms. The predicted molar refractivity (Wildman–Crippen MR) is 58.2 cm³/mol. The van der Waals surface area contributed by atoms with Crippen LogP contribution in [-0.2, 0) is 0 Å². The van der Waals surface area contributed by atoms with Crippen LogP contribution in [0.15, 0.2) is 36.4 Å². The maximum absolute atomic E-state index is 9.28. The molecule has 0 heterocycles. The van der Waals surface area contributed by atoms with Crippen LogP contribution in [-0.4, -0.2) is 5.11 Å². The van der Waals surface area contributed by atoms with Gasteiger partial charge in [0.15, 0.2) is 0 Å². The minimum atomic E-state index is 0.0493. The first kappa shape index (κ1) is 9.03. The SMILES string of the molecule is CC(N)c1ccc2cc(O)ccc2c1. The fraction of sp³-hybridized carbons (Fsp3) is 0.167. The summed E-state index contributed by atoms with van der Waals surface area (Å²) in [6.07, 6.45) is 0. The molecule has 2 nitrogen and oxygen atoms in total. The van der Waals surface area contributed by atoms with Crippen LogP contribution in [0.25, 0.3) is 10.8 Å². The van der Waals surface area contributed by atoms with Crippen LogP contribution in [0.4, 0.5) is 0 Å². The van der Waals surface area contributed by atoms with Crippen molar-refractivity contribution in [3.8, 4) is 5.75 Å². The predicted octanol–water partition coefficient (Wildman–Crippen LogP) is 2.57. The summed E-state index contributed by atoms with van der Waals surface area (Å²) in [5, 5.41) is 11.4. The molecule has 0 amide bonds. The molecular weight excluding hydrogens is 174 g/mol. The van der Waals surface area contributed by atoms with E-state index in [0.717, 1.165) is 16.3 Å². The molecular formula is C12H13NO. The maximum atomic E-state index is 9.28. The van der Waals surface area contributed by atoms with Gasteiger partial charge in [0, 0.05) is 6.04 Å². The van der Waals surface area contributed by atoms with Crippen LogP contribution in [0, 0.1) is 0 Å². The number of aromatic hydroxyl groups is 1. The summed E-state index contributed by atoms with van der Waals surface area (Å²) in [5.74, 6) is 0.297. The number of phenolic OH excluding ortho intramolecular Hbond substituents is 1. The monoisotopic (exact) mass is 187 g/mol. The summed E-state index contributed by atoms with van der Waals surface area (Å²) in [6.45, 7) is 1.96. The van der Waals surface area contributed by atoms with Gasteiger partial charge in [-0.2, -0.15) is 0 Å². The van der Waals surface area contributed by atoms with Crippen molar-refractivity contribution < 1.29 is 5.11 Å². The fourth-order valence-corrected chi connectivity index (χ4v) is 1.53. The van der Waals surface area contributed by atoms with E-state index in [1.807, 2.05) is 25.1 Å². The first-order chi connectivity index (χ1) is 6.66. The molecule has 0 aliphatic rings. The topological polar surface area (TPSA) is 46.2 Å². The standard InChI is InChI=1S/C12H13NO/c1-8(13)9-2-3-11-7-12(14)5-4-10(11)6-9/h2-8,14H,13H2,1H3. The van der Waals surface area contributed by atoms with E-state index in [0.29, 0.717) is 5.75 Å². The lowest BCUT2D eigenvalue weighted by atomic mass is 10.0. The third-order valence-electron chi connectivity index (χ3n) is 2.37. The summed E-state index contributed by atoms with van der Waals surface area (Å²) in [7, 11) is 0. The Balaban J connectivity index is 2.62.